The molecule has 1 fully saturated rings. The van der Waals surface area contributed by atoms with E-state index < -0.39 is 12.0 Å². The number of benzene rings is 1. The summed E-state index contributed by atoms with van der Waals surface area (Å²) in [7, 11) is 0. The molecule has 11 heteroatoms. The van der Waals surface area contributed by atoms with Crippen LogP contribution in [0, 0.1) is 12.7 Å². The summed E-state index contributed by atoms with van der Waals surface area (Å²) in [6, 6.07) is 4.60. The minimum absolute atomic E-state index is 0.0251. The molecular weight excluding hydrogens is 457 g/mol. The van der Waals surface area contributed by atoms with Crippen molar-refractivity contribution in [1.82, 2.24) is 25.0 Å². The summed E-state index contributed by atoms with van der Waals surface area (Å²) in [5.41, 5.74) is 1.87. The van der Waals surface area contributed by atoms with Crippen LogP contribution < -0.4 is 9.47 Å². The maximum absolute atomic E-state index is 14.7. The maximum Gasteiger partial charge on any atom is 0.528 e. The average molecular weight is 484 g/mol. The number of ether oxygens (including phenoxy) is 3. The first-order valence-corrected chi connectivity index (χ1v) is 11.2. The van der Waals surface area contributed by atoms with Gasteiger partial charge in [-0.2, -0.15) is 0 Å². The van der Waals surface area contributed by atoms with Crippen LogP contribution in [-0.2, 0) is 9.57 Å². The number of carbonyl (C=O) groups excluding carboxylic acids is 1. The van der Waals surface area contributed by atoms with Gasteiger partial charge in [0.2, 0.25) is 11.8 Å². The Morgan fingerprint density at radius 3 is 2.46 bits per heavy atom. The Labute approximate surface area is 202 Å². The molecule has 3 aromatic rings. The van der Waals surface area contributed by atoms with E-state index in [-0.39, 0.29) is 23.8 Å². The first kappa shape index (κ1) is 24.3. The number of rotatable bonds is 7. The minimum atomic E-state index is -0.717. The quantitative estimate of drug-likeness (QED) is 0.446. The molecule has 1 aromatic carbocycles. The Bertz CT molecular complexity index is 1160. The average Bonchev–Trinajstić information content (AvgIpc) is 2.84. The maximum atomic E-state index is 14.7. The van der Waals surface area contributed by atoms with Crippen LogP contribution in [-0.4, -0.2) is 56.5 Å². The summed E-state index contributed by atoms with van der Waals surface area (Å²) in [5, 5.41) is 1.56. The van der Waals surface area contributed by atoms with Crippen LogP contribution in [0.15, 0.2) is 43.2 Å². The third-order valence-corrected chi connectivity index (χ3v) is 5.24. The molecule has 10 nitrogen and oxygen atoms in total. The highest BCUT2D eigenvalue weighted by molar-refractivity contribution is 5.62. The van der Waals surface area contributed by atoms with Gasteiger partial charge in [0.25, 0.3) is 0 Å². The van der Waals surface area contributed by atoms with Gasteiger partial charge in [-0.1, -0.05) is 6.07 Å². The van der Waals surface area contributed by atoms with Crippen molar-refractivity contribution in [3.8, 4) is 28.6 Å². The molecule has 0 saturated carbocycles. The largest absolute Gasteiger partial charge is 0.528 e. The van der Waals surface area contributed by atoms with Crippen molar-refractivity contribution in [3.63, 3.8) is 0 Å². The van der Waals surface area contributed by atoms with Crippen molar-refractivity contribution in [2.75, 3.05) is 13.1 Å². The van der Waals surface area contributed by atoms with E-state index in [0.717, 1.165) is 0 Å². The molecule has 0 unspecified atom stereocenters. The Kier molecular flexibility index (Phi) is 7.66. The molecule has 0 bridgehead atoms. The van der Waals surface area contributed by atoms with Gasteiger partial charge in [0, 0.05) is 43.9 Å². The first-order chi connectivity index (χ1) is 16.9. The molecule has 184 valence electrons. The predicted octanol–water partition coefficient (Wildman–Crippen LogP) is 4.49. The Morgan fingerprint density at radius 2 is 1.77 bits per heavy atom. The van der Waals surface area contributed by atoms with Crippen molar-refractivity contribution >= 4 is 6.16 Å². The second-order valence-corrected chi connectivity index (χ2v) is 8.24. The van der Waals surface area contributed by atoms with Crippen LogP contribution >= 0.6 is 0 Å². The molecule has 0 atom stereocenters. The minimum Gasteiger partial charge on any atom is -0.474 e. The van der Waals surface area contributed by atoms with E-state index in [1.54, 1.807) is 44.3 Å². The summed E-state index contributed by atoms with van der Waals surface area (Å²) in [6.45, 7) is 6.25. The van der Waals surface area contributed by atoms with Crippen molar-refractivity contribution < 1.29 is 28.2 Å². The molecule has 4 rings (SSSR count). The van der Waals surface area contributed by atoms with Gasteiger partial charge in [-0.05, 0) is 38.5 Å². The molecule has 0 aliphatic carbocycles. The Morgan fingerprint density at radius 1 is 1.06 bits per heavy atom. The smallest absolute Gasteiger partial charge is 0.474 e. The third kappa shape index (κ3) is 6.38. The standard InChI is InChI=1S/C24H26FN5O5/c1-15(2)32-24(31)35-30-8-6-19(7-9-30)33-22-16(3)23(29-14-28-22)34-21-5-4-17(10-20(21)25)18-11-26-13-27-12-18/h4-5,10-15,19H,6-9H2,1-3H3. The summed E-state index contributed by atoms with van der Waals surface area (Å²) in [4.78, 5) is 33.1. The van der Waals surface area contributed by atoms with Gasteiger partial charge < -0.3 is 19.0 Å². The molecule has 0 amide bonds. The Hall–Kier alpha value is -3.86. The van der Waals surface area contributed by atoms with E-state index in [2.05, 4.69) is 19.9 Å². The zero-order valence-electron chi connectivity index (χ0n) is 19.7. The van der Waals surface area contributed by atoms with Gasteiger partial charge in [-0.15, -0.1) is 5.06 Å². The SMILES string of the molecule is Cc1c(Oc2ccc(-c3cncnc3)cc2F)ncnc1OC1CCN(OC(=O)OC(C)C)CC1. The highest BCUT2D eigenvalue weighted by Gasteiger charge is 2.25. The van der Waals surface area contributed by atoms with Gasteiger partial charge in [0.1, 0.15) is 18.8 Å². The van der Waals surface area contributed by atoms with Gasteiger partial charge in [-0.3, -0.25) is 0 Å². The van der Waals surface area contributed by atoms with Crippen LogP contribution in [0.2, 0.25) is 0 Å². The highest BCUT2D eigenvalue weighted by Crippen LogP contribution is 2.32. The van der Waals surface area contributed by atoms with Crippen molar-refractivity contribution in [2.24, 2.45) is 0 Å². The van der Waals surface area contributed by atoms with Crippen molar-refractivity contribution in [3.05, 3.63) is 54.6 Å². The number of halogens is 1. The number of aromatic nitrogens is 4. The molecule has 0 spiro atoms. The number of hydrogen-bond acceptors (Lipinski definition) is 10. The van der Waals surface area contributed by atoms with Gasteiger partial charge in [0.05, 0.1) is 11.7 Å². The number of nitrogens with zero attached hydrogens (tertiary/aromatic N) is 5. The molecular formula is C24H26FN5O5. The van der Waals surface area contributed by atoms with Gasteiger partial charge in [-0.25, -0.2) is 29.1 Å². The molecule has 0 radical (unpaired) electrons. The van der Waals surface area contributed by atoms with Crippen LogP contribution in [0.1, 0.15) is 32.3 Å². The molecule has 35 heavy (non-hydrogen) atoms. The molecule has 3 heterocycles. The van der Waals surface area contributed by atoms with E-state index in [0.29, 0.717) is 48.5 Å². The summed E-state index contributed by atoms with van der Waals surface area (Å²) in [6.07, 6.45) is 6.07. The van der Waals surface area contributed by atoms with E-state index in [4.69, 9.17) is 19.0 Å². The topological polar surface area (TPSA) is 109 Å². The zero-order chi connectivity index (χ0) is 24.8. The molecule has 1 saturated heterocycles. The van der Waals surface area contributed by atoms with E-state index in [1.807, 2.05) is 0 Å². The number of hydroxylamine groups is 2. The van der Waals surface area contributed by atoms with Gasteiger partial charge >= 0.3 is 6.16 Å². The summed E-state index contributed by atoms with van der Waals surface area (Å²) < 4.78 is 31.5. The Balaban J connectivity index is 1.37. The fourth-order valence-electron chi connectivity index (χ4n) is 3.47. The van der Waals surface area contributed by atoms with E-state index >= 15 is 0 Å². The normalized spacial score (nSPS) is 14.5. The molecule has 1 aliphatic rings. The fourth-order valence-corrected chi connectivity index (χ4v) is 3.47. The van der Waals surface area contributed by atoms with Crippen LogP contribution in [0.25, 0.3) is 11.1 Å². The lowest BCUT2D eigenvalue weighted by atomic mass is 10.1. The fraction of sp³-hybridized carbons (Fsp3) is 0.375. The molecule has 0 N–H and O–H groups in total. The predicted molar refractivity (Wildman–Crippen MR) is 122 cm³/mol. The van der Waals surface area contributed by atoms with E-state index in [9.17, 15) is 9.18 Å². The number of carbonyl (C=O) groups is 1. The second-order valence-electron chi connectivity index (χ2n) is 8.24. The van der Waals surface area contributed by atoms with Crippen LogP contribution in [0.5, 0.6) is 17.5 Å². The second kappa shape index (κ2) is 11.0. The molecule has 2 aromatic heterocycles. The monoisotopic (exact) mass is 483 g/mol. The van der Waals surface area contributed by atoms with Crippen LogP contribution in [0.3, 0.4) is 0 Å². The lowest BCUT2D eigenvalue weighted by molar-refractivity contribution is -0.151. The lowest BCUT2D eigenvalue weighted by Gasteiger charge is -2.30. The number of piperidine rings is 1. The van der Waals surface area contributed by atoms with Crippen molar-refractivity contribution in [2.45, 2.75) is 45.8 Å². The summed E-state index contributed by atoms with van der Waals surface area (Å²) >= 11 is 0. The first-order valence-electron chi connectivity index (χ1n) is 11.2. The zero-order valence-corrected chi connectivity index (χ0v) is 19.7. The summed E-state index contributed by atoms with van der Waals surface area (Å²) in [5.74, 6) is 0.0289. The van der Waals surface area contributed by atoms with Crippen molar-refractivity contribution in [1.29, 1.82) is 0 Å². The highest BCUT2D eigenvalue weighted by atomic mass is 19.1. The number of hydrogen-bond donors (Lipinski definition) is 0. The third-order valence-electron chi connectivity index (χ3n) is 5.24. The lowest BCUT2D eigenvalue weighted by Crippen LogP contribution is -2.40. The van der Waals surface area contributed by atoms with E-state index in [1.165, 1.54) is 24.8 Å². The van der Waals surface area contributed by atoms with Gasteiger partial charge in [0.15, 0.2) is 11.6 Å². The van der Waals surface area contributed by atoms with Crippen LogP contribution in [0.4, 0.5) is 9.18 Å². The molecule has 1 aliphatic heterocycles.